The highest BCUT2D eigenvalue weighted by molar-refractivity contribution is 5.41. The molecule has 1 aliphatic rings. The van der Waals surface area contributed by atoms with Gasteiger partial charge in [0.1, 0.15) is 5.75 Å². The fourth-order valence-corrected chi connectivity index (χ4v) is 2.05. The summed E-state index contributed by atoms with van der Waals surface area (Å²) in [4.78, 5) is 0. The van der Waals surface area contributed by atoms with Gasteiger partial charge in [0.15, 0.2) is 0 Å². The highest BCUT2D eigenvalue weighted by Crippen LogP contribution is 2.42. The lowest BCUT2D eigenvalue weighted by Crippen LogP contribution is -2.25. The average molecular weight is 214 g/mol. The molecule has 1 aliphatic heterocycles. The molecule has 0 radical (unpaired) electrons. The van der Waals surface area contributed by atoms with E-state index in [9.17, 15) is 4.39 Å². The van der Waals surface area contributed by atoms with E-state index in [1.165, 1.54) is 0 Å². The predicted molar refractivity (Wildman–Crippen MR) is 60.0 cm³/mol. The topological polar surface area (TPSA) is 9.23 Å². The van der Waals surface area contributed by atoms with Gasteiger partial charge in [-0.15, -0.1) is 0 Å². The third-order valence-electron chi connectivity index (χ3n) is 2.87. The highest BCUT2D eigenvalue weighted by Gasteiger charge is 2.40. The third-order valence-corrected chi connectivity index (χ3v) is 2.87. The van der Waals surface area contributed by atoms with Crippen molar-refractivity contribution in [2.45, 2.75) is 12.3 Å². The summed E-state index contributed by atoms with van der Waals surface area (Å²) >= 11 is 0. The van der Waals surface area contributed by atoms with Gasteiger partial charge in [0.25, 0.3) is 5.85 Å². The molecule has 2 heteroatoms. The SMILES string of the molecule is FC1(c2ccccc2)Cc2ccccc2O1. The average Bonchev–Trinajstić information content (AvgIpc) is 2.68. The summed E-state index contributed by atoms with van der Waals surface area (Å²) in [6, 6.07) is 16.5. The number of halogens is 1. The van der Waals surface area contributed by atoms with Crippen LogP contribution < -0.4 is 4.74 Å². The minimum absolute atomic E-state index is 0.285. The van der Waals surface area contributed by atoms with Gasteiger partial charge in [-0.05, 0) is 6.07 Å². The lowest BCUT2D eigenvalue weighted by molar-refractivity contribution is -0.0487. The molecular formula is C14H11FO. The summed E-state index contributed by atoms with van der Waals surface area (Å²) in [6.45, 7) is 0. The molecule has 1 heterocycles. The van der Waals surface area contributed by atoms with E-state index >= 15 is 0 Å². The van der Waals surface area contributed by atoms with Crippen LogP contribution in [0.3, 0.4) is 0 Å². The van der Waals surface area contributed by atoms with Crippen molar-refractivity contribution in [3.05, 3.63) is 65.7 Å². The summed E-state index contributed by atoms with van der Waals surface area (Å²) in [7, 11) is 0. The molecular weight excluding hydrogens is 203 g/mol. The zero-order chi connectivity index (χ0) is 11.0. The van der Waals surface area contributed by atoms with Crippen LogP contribution in [-0.2, 0) is 12.3 Å². The predicted octanol–water partition coefficient (Wildman–Crippen LogP) is 3.44. The van der Waals surface area contributed by atoms with E-state index in [2.05, 4.69) is 0 Å². The fourth-order valence-electron chi connectivity index (χ4n) is 2.05. The maximum absolute atomic E-state index is 14.6. The van der Waals surface area contributed by atoms with Gasteiger partial charge in [0.05, 0.1) is 6.42 Å². The molecule has 1 unspecified atom stereocenters. The second kappa shape index (κ2) is 3.34. The molecule has 0 saturated heterocycles. The smallest absolute Gasteiger partial charge is 0.278 e. The van der Waals surface area contributed by atoms with Gasteiger partial charge in [0, 0.05) is 11.1 Å². The van der Waals surface area contributed by atoms with Crippen LogP contribution in [0.1, 0.15) is 11.1 Å². The van der Waals surface area contributed by atoms with Crippen molar-refractivity contribution < 1.29 is 9.13 Å². The maximum Gasteiger partial charge on any atom is 0.278 e. The summed E-state index contributed by atoms with van der Waals surface area (Å²) in [5.41, 5.74) is 1.50. The number of para-hydroxylation sites is 1. The zero-order valence-corrected chi connectivity index (χ0v) is 8.69. The minimum Gasteiger partial charge on any atom is -0.453 e. The highest BCUT2D eigenvalue weighted by atomic mass is 19.2. The van der Waals surface area contributed by atoms with Gasteiger partial charge in [-0.1, -0.05) is 48.5 Å². The van der Waals surface area contributed by atoms with Crippen molar-refractivity contribution in [2.24, 2.45) is 0 Å². The second-order valence-corrected chi connectivity index (χ2v) is 3.98. The van der Waals surface area contributed by atoms with E-state index in [0.717, 1.165) is 5.56 Å². The van der Waals surface area contributed by atoms with Crippen LogP contribution in [0.2, 0.25) is 0 Å². The van der Waals surface area contributed by atoms with Crippen molar-refractivity contribution >= 4 is 0 Å². The van der Waals surface area contributed by atoms with Crippen molar-refractivity contribution in [1.29, 1.82) is 0 Å². The standard InChI is InChI=1S/C14H11FO/c15-14(12-7-2-1-3-8-12)10-11-6-4-5-9-13(11)16-14/h1-9H,10H2. The van der Waals surface area contributed by atoms with E-state index in [1.54, 1.807) is 18.2 Å². The fraction of sp³-hybridized carbons (Fsp3) is 0.143. The zero-order valence-electron chi connectivity index (χ0n) is 8.69. The van der Waals surface area contributed by atoms with Crippen molar-refractivity contribution in [2.75, 3.05) is 0 Å². The van der Waals surface area contributed by atoms with Gasteiger partial charge >= 0.3 is 0 Å². The Morgan fingerprint density at radius 3 is 2.38 bits per heavy atom. The van der Waals surface area contributed by atoms with Crippen molar-refractivity contribution in [1.82, 2.24) is 0 Å². The molecule has 0 aromatic heterocycles. The molecule has 2 aromatic rings. The van der Waals surface area contributed by atoms with Gasteiger partial charge in [-0.2, -0.15) is 4.39 Å². The normalized spacial score (nSPS) is 22.6. The van der Waals surface area contributed by atoms with Gasteiger partial charge in [-0.25, -0.2) is 0 Å². The summed E-state index contributed by atoms with van der Waals surface area (Å²) in [5.74, 6) is -1.06. The van der Waals surface area contributed by atoms with Crippen LogP contribution in [0.15, 0.2) is 54.6 Å². The van der Waals surface area contributed by atoms with Crippen molar-refractivity contribution in [3.63, 3.8) is 0 Å². The van der Waals surface area contributed by atoms with E-state index in [4.69, 9.17) is 4.74 Å². The van der Waals surface area contributed by atoms with Crippen LogP contribution in [0.5, 0.6) is 5.75 Å². The Labute approximate surface area is 93.5 Å². The molecule has 0 N–H and O–H groups in total. The first-order chi connectivity index (χ1) is 7.78. The Balaban J connectivity index is 2.01. The van der Waals surface area contributed by atoms with E-state index in [1.807, 2.05) is 36.4 Å². The maximum atomic E-state index is 14.6. The molecule has 1 nitrogen and oxygen atoms in total. The number of alkyl halides is 1. The molecule has 2 aromatic carbocycles. The number of ether oxygens (including phenoxy) is 1. The van der Waals surface area contributed by atoms with E-state index < -0.39 is 5.85 Å². The quantitative estimate of drug-likeness (QED) is 0.706. The summed E-state index contributed by atoms with van der Waals surface area (Å²) in [6.07, 6.45) is 0.285. The Morgan fingerprint density at radius 2 is 1.62 bits per heavy atom. The molecule has 0 amide bonds. The molecule has 0 spiro atoms. The van der Waals surface area contributed by atoms with Crippen LogP contribution >= 0.6 is 0 Å². The Morgan fingerprint density at radius 1 is 0.938 bits per heavy atom. The first-order valence-corrected chi connectivity index (χ1v) is 5.29. The second-order valence-electron chi connectivity index (χ2n) is 3.98. The van der Waals surface area contributed by atoms with Crippen LogP contribution in [0.4, 0.5) is 4.39 Å². The third kappa shape index (κ3) is 1.38. The Bertz CT molecular complexity index is 482. The van der Waals surface area contributed by atoms with Crippen LogP contribution in [0.25, 0.3) is 0 Å². The molecule has 0 fully saturated rings. The summed E-state index contributed by atoms with van der Waals surface area (Å²) in [5, 5.41) is 0. The number of rotatable bonds is 1. The molecule has 0 aliphatic carbocycles. The Hall–Kier alpha value is -1.83. The van der Waals surface area contributed by atoms with Crippen LogP contribution in [-0.4, -0.2) is 0 Å². The molecule has 3 rings (SSSR count). The summed E-state index contributed by atoms with van der Waals surface area (Å²) < 4.78 is 20.0. The largest absolute Gasteiger partial charge is 0.453 e. The molecule has 0 saturated carbocycles. The molecule has 0 bridgehead atoms. The molecule has 16 heavy (non-hydrogen) atoms. The van der Waals surface area contributed by atoms with Crippen LogP contribution in [0, 0.1) is 0 Å². The van der Waals surface area contributed by atoms with Gasteiger partial charge in [0.2, 0.25) is 0 Å². The first kappa shape index (κ1) is 9.40. The number of benzene rings is 2. The molecule has 1 atom stereocenters. The number of hydrogen-bond donors (Lipinski definition) is 0. The number of hydrogen-bond acceptors (Lipinski definition) is 1. The van der Waals surface area contributed by atoms with Gasteiger partial charge < -0.3 is 4.74 Å². The van der Waals surface area contributed by atoms with Crippen molar-refractivity contribution in [3.8, 4) is 5.75 Å². The number of fused-ring (bicyclic) bond motifs is 1. The lowest BCUT2D eigenvalue weighted by atomic mass is 10.0. The monoisotopic (exact) mass is 214 g/mol. The molecule has 80 valence electrons. The minimum atomic E-state index is -1.70. The first-order valence-electron chi connectivity index (χ1n) is 5.29. The van der Waals surface area contributed by atoms with E-state index in [0.29, 0.717) is 11.3 Å². The van der Waals surface area contributed by atoms with Gasteiger partial charge in [-0.3, -0.25) is 0 Å². The Kier molecular flexibility index (Phi) is 1.96. The lowest BCUT2D eigenvalue weighted by Gasteiger charge is -2.19. The van der Waals surface area contributed by atoms with E-state index in [-0.39, 0.29) is 6.42 Å².